The van der Waals surface area contributed by atoms with Gasteiger partial charge in [-0.05, 0) is 25.7 Å². The molecule has 0 spiro atoms. The maximum atomic E-state index is 11.3. The van der Waals surface area contributed by atoms with E-state index in [1.165, 1.54) is 25.7 Å². The quantitative estimate of drug-likeness (QED) is 0.200. The zero-order valence-electron chi connectivity index (χ0n) is 18.3. The number of hydrogen-bond donors (Lipinski definition) is 1. The minimum Gasteiger partial charge on any atom is -0.748 e. The van der Waals surface area contributed by atoms with Crippen molar-refractivity contribution in [1.82, 2.24) is 0 Å². The first kappa shape index (κ1) is 30.1. The fourth-order valence-corrected chi connectivity index (χ4v) is 4.38. The van der Waals surface area contributed by atoms with Gasteiger partial charge in [0.15, 0.2) is 0 Å². The van der Waals surface area contributed by atoms with Crippen molar-refractivity contribution in [3.05, 3.63) is 0 Å². The van der Waals surface area contributed by atoms with E-state index in [-0.39, 0.29) is 35.7 Å². The van der Waals surface area contributed by atoms with Crippen molar-refractivity contribution in [3.8, 4) is 0 Å². The third-order valence-electron chi connectivity index (χ3n) is 5.24. The van der Waals surface area contributed by atoms with Crippen LogP contribution in [-0.4, -0.2) is 29.4 Å². The molecule has 0 aromatic carbocycles. The molecule has 0 heterocycles. The number of aliphatic hydroxyl groups is 1. The molecule has 6 heteroatoms. The van der Waals surface area contributed by atoms with Crippen molar-refractivity contribution in [2.45, 2.75) is 134 Å². The van der Waals surface area contributed by atoms with Crippen molar-refractivity contribution in [2.75, 3.05) is 0 Å². The van der Waals surface area contributed by atoms with Crippen LogP contribution < -0.4 is 29.6 Å². The minimum absolute atomic E-state index is 0. The minimum atomic E-state index is -4.14. The zero-order chi connectivity index (χ0) is 19.7. The standard InChI is InChI=1S/C21H44O4S.Na/c1-3-5-12-16-20(22)17-14-10-8-7-9-11-15-19-21(26(23,24)25)18-13-6-4-2;/h20-22H,3-19H2,1-2H3,(H,23,24,25);/q;+1/p-1. The molecule has 0 aromatic heterocycles. The topological polar surface area (TPSA) is 77.4 Å². The van der Waals surface area contributed by atoms with E-state index in [2.05, 4.69) is 13.8 Å². The summed E-state index contributed by atoms with van der Waals surface area (Å²) < 4.78 is 34.0. The van der Waals surface area contributed by atoms with Crippen LogP contribution in [0.4, 0.5) is 0 Å². The molecule has 0 aromatic rings. The van der Waals surface area contributed by atoms with Gasteiger partial charge in [-0.3, -0.25) is 0 Å². The smallest absolute Gasteiger partial charge is 0.748 e. The number of aliphatic hydroxyl groups excluding tert-OH is 1. The van der Waals surface area contributed by atoms with E-state index in [9.17, 15) is 18.1 Å². The molecule has 4 nitrogen and oxygen atoms in total. The molecule has 0 radical (unpaired) electrons. The predicted molar refractivity (Wildman–Crippen MR) is 109 cm³/mol. The van der Waals surface area contributed by atoms with E-state index in [0.717, 1.165) is 70.6 Å². The SMILES string of the molecule is CCCCCC(O)CCCCCCCCCC(CCCCC)S(=O)(=O)[O-].[Na+]. The molecule has 27 heavy (non-hydrogen) atoms. The molecule has 1 N–H and O–H groups in total. The van der Waals surface area contributed by atoms with Crippen LogP contribution in [0.2, 0.25) is 0 Å². The van der Waals surface area contributed by atoms with Crippen LogP contribution >= 0.6 is 0 Å². The predicted octanol–water partition coefficient (Wildman–Crippen LogP) is 2.94. The molecule has 0 saturated heterocycles. The van der Waals surface area contributed by atoms with Gasteiger partial charge in [0.05, 0.1) is 16.2 Å². The second-order valence-electron chi connectivity index (χ2n) is 7.81. The molecule has 2 atom stereocenters. The maximum Gasteiger partial charge on any atom is 1.00 e. The summed E-state index contributed by atoms with van der Waals surface area (Å²) in [4.78, 5) is 0. The van der Waals surface area contributed by atoms with E-state index in [0.29, 0.717) is 12.8 Å². The first-order chi connectivity index (χ1) is 12.4. The fraction of sp³-hybridized carbons (Fsp3) is 1.00. The van der Waals surface area contributed by atoms with Crippen LogP contribution in [-0.2, 0) is 10.1 Å². The van der Waals surface area contributed by atoms with Gasteiger partial charge < -0.3 is 9.66 Å². The Labute approximate surface area is 191 Å². The average Bonchev–Trinajstić information content (AvgIpc) is 2.58. The number of rotatable bonds is 19. The summed E-state index contributed by atoms with van der Waals surface area (Å²) in [6.45, 7) is 4.26. The molecule has 0 fully saturated rings. The molecular weight excluding hydrogens is 371 g/mol. The molecule has 0 rings (SSSR count). The molecule has 0 aliphatic carbocycles. The molecule has 158 valence electrons. The fourth-order valence-electron chi connectivity index (χ4n) is 3.47. The summed E-state index contributed by atoms with van der Waals surface area (Å²) >= 11 is 0. The van der Waals surface area contributed by atoms with Gasteiger partial charge in [0.25, 0.3) is 0 Å². The van der Waals surface area contributed by atoms with Gasteiger partial charge in [-0.25, -0.2) is 8.42 Å². The number of unbranched alkanes of at least 4 members (excludes halogenated alkanes) is 10. The van der Waals surface area contributed by atoms with E-state index in [4.69, 9.17) is 0 Å². The third kappa shape index (κ3) is 19.9. The van der Waals surface area contributed by atoms with Gasteiger partial charge in [-0.1, -0.05) is 97.3 Å². The molecule has 0 aliphatic heterocycles. The van der Waals surface area contributed by atoms with Crippen LogP contribution in [0.5, 0.6) is 0 Å². The van der Waals surface area contributed by atoms with Crippen LogP contribution in [0.1, 0.15) is 123 Å². The van der Waals surface area contributed by atoms with Gasteiger partial charge in [-0.2, -0.15) is 0 Å². The summed E-state index contributed by atoms with van der Waals surface area (Å²) in [5, 5.41) is 9.19. The van der Waals surface area contributed by atoms with Gasteiger partial charge in [0, 0.05) is 5.25 Å². The molecule has 0 saturated carbocycles. The van der Waals surface area contributed by atoms with Crippen LogP contribution in [0, 0.1) is 0 Å². The largest absolute Gasteiger partial charge is 1.00 e. The van der Waals surface area contributed by atoms with Gasteiger partial charge in [-0.15, -0.1) is 0 Å². The molecular formula is C21H43NaO4S. The maximum absolute atomic E-state index is 11.3. The van der Waals surface area contributed by atoms with E-state index in [1.54, 1.807) is 0 Å². The average molecular weight is 415 g/mol. The summed E-state index contributed by atoms with van der Waals surface area (Å²) in [6.07, 6.45) is 16.8. The monoisotopic (exact) mass is 414 g/mol. The Bertz CT molecular complexity index is 401. The van der Waals surface area contributed by atoms with Crippen molar-refractivity contribution in [3.63, 3.8) is 0 Å². The summed E-state index contributed by atoms with van der Waals surface area (Å²) in [7, 11) is -4.14. The Morgan fingerprint density at radius 2 is 1.00 bits per heavy atom. The van der Waals surface area contributed by atoms with Crippen LogP contribution in [0.3, 0.4) is 0 Å². The van der Waals surface area contributed by atoms with E-state index >= 15 is 0 Å². The van der Waals surface area contributed by atoms with Crippen molar-refractivity contribution in [2.24, 2.45) is 0 Å². The summed E-state index contributed by atoms with van der Waals surface area (Å²) in [6, 6.07) is 0. The Morgan fingerprint density at radius 1 is 0.667 bits per heavy atom. The second kappa shape index (κ2) is 20.2. The Kier molecular flexibility index (Phi) is 22.4. The first-order valence-electron chi connectivity index (χ1n) is 11.0. The number of hydrogen-bond acceptors (Lipinski definition) is 4. The van der Waals surface area contributed by atoms with E-state index < -0.39 is 15.4 Å². The van der Waals surface area contributed by atoms with E-state index in [1.807, 2.05) is 0 Å². The second-order valence-corrected chi connectivity index (χ2v) is 9.46. The van der Waals surface area contributed by atoms with Crippen molar-refractivity contribution >= 4 is 10.1 Å². The van der Waals surface area contributed by atoms with Gasteiger partial charge in [0.2, 0.25) is 0 Å². The zero-order valence-corrected chi connectivity index (χ0v) is 21.1. The first-order valence-corrected chi connectivity index (χ1v) is 12.5. The van der Waals surface area contributed by atoms with Crippen LogP contribution in [0.25, 0.3) is 0 Å². The van der Waals surface area contributed by atoms with Crippen LogP contribution in [0.15, 0.2) is 0 Å². The molecule has 0 amide bonds. The Balaban J connectivity index is 0. The molecule has 2 unspecified atom stereocenters. The Morgan fingerprint density at radius 3 is 1.41 bits per heavy atom. The summed E-state index contributed by atoms with van der Waals surface area (Å²) in [5.41, 5.74) is 0. The van der Waals surface area contributed by atoms with Crippen molar-refractivity contribution in [1.29, 1.82) is 0 Å². The summed E-state index contributed by atoms with van der Waals surface area (Å²) in [5.74, 6) is 0. The Hall–Kier alpha value is 0.870. The molecule has 0 aliphatic rings. The third-order valence-corrected chi connectivity index (χ3v) is 6.53. The van der Waals surface area contributed by atoms with Crippen molar-refractivity contribution < 1.29 is 47.6 Å². The normalized spacial score (nSPS) is 13.9. The van der Waals surface area contributed by atoms with Gasteiger partial charge >= 0.3 is 29.6 Å². The van der Waals surface area contributed by atoms with Gasteiger partial charge in [0.1, 0.15) is 0 Å². The molecule has 0 bridgehead atoms.